The molecule has 0 saturated heterocycles. The highest BCUT2D eigenvalue weighted by Crippen LogP contribution is 2.24. The molecule has 3 rings (SSSR count). The molecule has 1 aromatic rings. The van der Waals surface area contributed by atoms with Crippen molar-refractivity contribution in [3.8, 4) is 0 Å². The van der Waals surface area contributed by atoms with Crippen molar-refractivity contribution in [2.75, 3.05) is 0 Å². The van der Waals surface area contributed by atoms with Gasteiger partial charge in [0.05, 0.1) is 4.90 Å². The molecular formula is C19H26N2O3S. The molecule has 0 bridgehead atoms. The summed E-state index contributed by atoms with van der Waals surface area (Å²) in [6, 6.07) is 6.93. The summed E-state index contributed by atoms with van der Waals surface area (Å²) in [5.74, 6) is 0.431. The lowest BCUT2D eigenvalue weighted by atomic mass is 9.86. The molecule has 2 N–H and O–H groups in total. The first-order valence-corrected chi connectivity index (χ1v) is 10.5. The average Bonchev–Trinajstić information content (AvgIpc) is 3.39. The van der Waals surface area contributed by atoms with Gasteiger partial charge in [0.1, 0.15) is 0 Å². The maximum atomic E-state index is 12.1. The van der Waals surface area contributed by atoms with Gasteiger partial charge in [-0.05, 0) is 55.4 Å². The summed E-state index contributed by atoms with van der Waals surface area (Å²) in [6.07, 6.45) is 9.68. The monoisotopic (exact) mass is 362 g/mol. The van der Waals surface area contributed by atoms with Crippen LogP contribution in [0.3, 0.4) is 0 Å². The van der Waals surface area contributed by atoms with E-state index >= 15 is 0 Å². The minimum absolute atomic E-state index is 0.0918. The first-order chi connectivity index (χ1) is 11.9. The largest absolute Gasteiger partial charge is 0.350 e. The van der Waals surface area contributed by atoms with Crippen LogP contribution < -0.4 is 10.0 Å². The Morgan fingerprint density at radius 1 is 1.08 bits per heavy atom. The van der Waals surface area contributed by atoms with Crippen LogP contribution >= 0.6 is 0 Å². The Kier molecular flexibility index (Phi) is 5.59. The van der Waals surface area contributed by atoms with Gasteiger partial charge >= 0.3 is 0 Å². The third-order valence-corrected chi connectivity index (χ3v) is 6.49. The van der Waals surface area contributed by atoms with Crippen molar-refractivity contribution < 1.29 is 13.2 Å². The Morgan fingerprint density at radius 3 is 2.40 bits per heavy atom. The Labute approximate surface area is 149 Å². The van der Waals surface area contributed by atoms with Crippen molar-refractivity contribution in [2.24, 2.45) is 5.92 Å². The molecule has 2 aliphatic carbocycles. The van der Waals surface area contributed by atoms with E-state index in [9.17, 15) is 13.2 Å². The number of nitrogens with one attached hydrogen (secondary N) is 2. The quantitative estimate of drug-likeness (QED) is 0.764. The summed E-state index contributed by atoms with van der Waals surface area (Å²) in [4.78, 5) is 12.3. The fraction of sp³-hybridized carbons (Fsp3) is 0.526. The van der Waals surface area contributed by atoms with E-state index in [1.54, 1.807) is 30.3 Å². The minimum Gasteiger partial charge on any atom is -0.350 e. The SMILES string of the molecule is CC1CCCCC1NC(=O)/C=C/c1ccc(S(=O)(=O)NC2CC2)cc1. The first kappa shape index (κ1) is 18.1. The third kappa shape index (κ3) is 5.16. The number of rotatable bonds is 6. The molecule has 0 heterocycles. The Morgan fingerprint density at radius 2 is 1.76 bits per heavy atom. The molecule has 0 aliphatic heterocycles. The number of hydrogen-bond acceptors (Lipinski definition) is 3. The Bertz CT molecular complexity index is 736. The molecule has 1 amide bonds. The van der Waals surface area contributed by atoms with Crippen LogP contribution in [0.1, 0.15) is 51.0 Å². The van der Waals surface area contributed by atoms with Crippen LogP contribution in [0.25, 0.3) is 6.08 Å². The van der Waals surface area contributed by atoms with Crippen LogP contribution in [0, 0.1) is 5.92 Å². The zero-order valence-corrected chi connectivity index (χ0v) is 15.4. The van der Waals surface area contributed by atoms with Gasteiger partial charge in [-0.2, -0.15) is 0 Å². The molecule has 0 radical (unpaired) electrons. The van der Waals surface area contributed by atoms with Crippen molar-refractivity contribution in [3.63, 3.8) is 0 Å². The number of carbonyl (C=O) groups is 1. The second-order valence-corrected chi connectivity index (χ2v) is 8.89. The van der Waals surface area contributed by atoms with E-state index < -0.39 is 10.0 Å². The van der Waals surface area contributed by atoms with Crippen molar-refractivity contribution >= 4 is 22.0 Å². The minimum atomic E-state index is -3.42. The van der Waals surface area contributed by atoms with Gasteiger partial charge in [-0.1, -0.05) is 31.9 Å². The fourth-order valence-corrected chi connectivity index (χ4v) is 4.49. The van der Waals surface area contributed by atoms with Gasteiger partial charge in [0.2, 0.25) is 15.9 Å². The van der Waals surface area contributed by atoms with E-state index in [4.69, 9.17) is 0 Å². The highest BCUT2D eigenvalue weighted by Gasteiger charge is 2.27. The Hall–Kier alpha value is -1.66. The molecule has 5 nitrogen and oxygen atoms in total. The first-order valence-electron chi connectivity index (χ1n) is 9.05. The van der Waals surface area contributed by atoms with Crippen LogP contribution in [-0.2, 0) is 14.8 Å². The van der Waals surface area contributed by atoms with Crippen LogP contribution in [-0.4, -0.2) is 26.4 Å². The smallest absolute Gasteiger partial charge is 0.244 e. The van der Waals surface area contributed by atoms with E-state index in [0.29, 0.717) is 5.92 Å². The maximum absolute atomic E-state index is 12.1. The van der Waals surface area contributed by atoms with Crippen molar-refractivity contribution in [1.29, 1.82) is 0 Å². The van der Waals surface area contributed by atoms with Crippen molar-refractivity contribution in [2.45, 2.75) is 62.4 Å². The summed E-state index contributed by atoms with van der Waals surface area (Å²) >= 11 is 0. The van der Waals surface area contributed by atoms with Gasteiger partial charge in [0.25, 0.3) is 0 Å². The number of benzene rings is 1. The number of amides is 1. The molecule has 2 saturated carbocycles. The lowest BCUT2D eigenvalue weighted by Gasteiger charge is -2.29. The molecule has 2 atom stereocenters. The van der Waals surface area contributed by atoms with E-state index in [0.717, 1.165) is 24.8 Å². The van der Waals surface area contributed by atoms with Gasteiger partial charge in [0.15, 0.2) is 0 Å². The van der Waals surface area contributed by atoms with Crippen molar-refractivity contribution in [1.82, 2.24) is 10.0 Å². The van der Waals surface area contributed by atoms with Gasteiger partial charge in [-0.3, -0.25) is 4.79 Å². The molecule has 6 heteroatoms. The normalized spacial score (nSPS) is 24.4. The summed E-state index contributed by atoms with van der Waals surface area (Å²) in [7, 11) is -3.42. The lowest BCUT2D eigenvalue weighted by Crippen LogP contribution is -2.40. The molecule has 136 valence electrons. The van der Waals surface area contributed by atoms with Crippen LogP contribution in [0.15, 0.2) is 35.2 Å². The second kappa shape index (κ2) is 7.70. The molecule has 0 aromatic heterocycles. The van der Waals surface area contributed by atoms with Crippen LogP contribution in [0.2, 0.25) is 0 Å². The molecular weight excluding hydrogens is 336 g/mol. The zero-order chi connectivity index (χ0) is 17.9. The van der Waals surface area contributed by atoms with Crippen molar-refractivity contribution in [3.05, 3.63) is 35.9 Å². The van der Waals surface area contributed by atoms with Gasteiger partial charge in [-0.15, -0.1) is 0 Å². The Balaban J connectivity index is 1.56. The maximum Gasteiger partial charge on any atom is 0.244 e. The second-order valence-electron chi connectivity index (χ2n) is 7.17. The van der Waals surface area contributed by atoms with E-state index in [-0.39, 0.29) is 22.9 Å². The van der Waals surface area contributed by atoms with E-state index in [2.05, 4.69) is 17.0 Å². The summed E-state index contributed by atoms with van der Waals surface area (Å²) < 4.78 is 26.9. The molecule has 2 aliphatic rings. The third-order valence-electron chi connectivity index (χ3n) is 4.96. The summed E-state index contributed by atoms with van der Waals surface area (Å²) in [6.45, 7) is 2.18. The van der Waals surface area contributed by atoms with Gasteiger partial charge < -0.3 is 5.32 Å². The van der Waals surface area contributed by atoms with Crippen LogP contribution in [0.4, 0.5) is 0 Å². The zero-order valence-electron chi connectivity index (χ0n) is 14.6. The molecule has 2 fully saturated rings. The van der Waals surface area contributed by atoms with Gasteiger partial charge in [0, 0.05) is 18.2 Å². The highest BCUT2D eigenvalue weighted by molar-refractivity contribution is 7.89. The fourth-order valence-electron chi connectivity index (χ4n) is 3.18. The average molecular weight is 362 g/mol. The van der Waals surface area contributed by atoms with E-state index in [1.807, 2.05) is 0 Å². The predicted octanol–water partition coefficient (Wildman–Crippen LogP) is 2.84. The lowest BCUT2D eigenvalue weighted by molar-refractivity contribution is -0.117. The summed E-state index contributed by atoms with van der Waals surface area (Å²) in [5.41, 5.74) is 0.803. The topological polar surface area (TPSA) is 75.3 Å². The van der Waals surface area contributed by atoms with E-state index in [1.165, 1.54) is 25.3 Å². The standard InChI is InChI=1S/C19H26N2O3S/c1-14-4-2-3-5-18(14)20-19(22)13-8-15-6-11-17(12-7-15)25(23,24)21-16-9-10-16/h6-8,11-14,16,18,21H,2-5,9-10H2,1H3,(H,20,22)/b13-8+. The molecule has 0 spiro atoms. The number of sulfonamides is 1. The highest BCUT2D eigenvalue weighted by atomic mass is 32.2. The number of hydrogen-bond donors (Lipinski definition) is 2. The molecule has 2 unspecified atom stereocenters. The predicted molar refractivity (Wildman–Crippen MR) is 98.4 cm³/mol. The molecule has 25 heavy (non-hydrogen) atoms. The van der Waals surface area contributed by atoms with Crippen LogP contribution in [0.5, 0.6) is 0 Å². The van der Waals surface area contributed by atoms with Gasteiger partial charge in [-0.25, -0.2) is 13.1 Å². The summed E-state index contributed by atoms with van der Waals surface area (Å²) in [5, 5.41) is 3.07. The number of carbonyl (C=O) groups excluding carboxylic acids is 1. The molecule has 1 aromatic carbocycles.